The number of urea groups is 1. The van der Waals surface area contributed by atoms with E-state index < -0.39 is 192 Å². The molecule has 0 radical (unpaired) electrons. The van der Waals surface area contributed by atoms with E-state index in [2.05, 4.69) is 66.4 Å². The van der Waals surface area contributed by atoms with Crippen molar-refractivity contribution in [1.29, 1.82) is 0 Å². The molecule has 44 heteroatoms. The van der Waals surface area contributed by atoms with Crippen LogP contribution < -0.4 is 68.4 Å². The van der Waals surface area contributed by atoms with E-state index in [4.69, 9.17) is 82.6 Å². The highest BCUT2D eigenvalue weighted by Crippen LogP contribution is 2.49. The lowest BCUT2D eigenvalue weighted by molar-refractivity contribution is -0.337. The average Bonchev–Trinajstić information content (AvgIpc) is 0.748. The molecule has 1 aromatic carbocycles. The first-order chi connectivity index (χ1) is 61.0. The summed E-state index contributed by atoms with van der Waals surface area (Å²) in [5.41, 5.74) is 11.8. The number of carbonyl (C=O) groups is 9. The Labute approximate surface area is 772 Å². The monoisotopic (exact) mass is 1980 g/mol. The molecule has 0 spiro atoms. The number of ether oxygens (including phenoxy) is 14. The number of ketones is 1. The molecule has 0 unspecified atom stereocenters. The smallest absolute Gasteiger partial charge is 0.411 e. The molecule has 8 amide bonds. The molecule has 40 nitrogen and oxygen atoms in total. The SMILES string of the molecule is CCN(CC(=O)NCCOCCOCCNC(=O)[C@H](CCCNC(N)=O)NC(=O)[C@@H](NC(=O)[C@H](CCCCN)NC(C)=O)C(C)C)[C@H]1CO[C@@H](O[C@H]2[C@H](O[C@H]3C#C/C=C\C#C[C@]4(O)CC(=O)C(NC(=O)OC)=C3/C4=C\CSSC(C)C)O[C@H](C)[C@@H](NO[C@H]3C[C@H](O)[C@H](SC(=O)c4c(C)c(I)c(O[C@@H]5O[C@@H](C)[C@H](O)[C@@H](OC)[C@H]5O)c(OC)c4OC)[C@@H](C)O3)[C@@H]2O)C[C@@H]1OC. The van der Waals surface area contributed by atoms with Crippen LogP contribution in [0.4, 0.5) is 9.59 Å². The van der Waals surface area contributed by atoms with Crippen LogP contribution in [0.1, 0.15) is 130 Å². The van der Waals surface area contributed by atoms with Gasteiger partial charge in [-0.2, -0.15) is 5.48 Å². The van der Waals surface area contributed by atoms with E-state index in [0.717, 1.165) is 18.9 Å². The number of thioether (sulfide) groups is 1. The number of rotatable bonds is 48. The Morgan fingerprint density at radius 3 is 2.06 bits per heavy atom. The Morgan fingerprint density at radius 1 is 0.750 bits per heavy atom. The number of likely N-dealkylation sites (N-methyl/N-ethyl adjacent to an activating group) is 1. The summed E-state index contributed by atoms with van der Waals surface area (Å²) >= 11 is 2.77. The maximum Gasteiger partial charge on any atom is 0.411 e. The second-order valence-electron chi connectivity index (χ2n) is 31.6. The summed E-state index contributed by atoms with van der Waals surface area (Å²) in [6.07, 6.45) is -14.1. The molecule has 2 aliphatic carbocycles. The van der Waals surface area contributed by atoms with Crippen LogP contribution in [-0.2, 0) is 85.7 Å². The number of methoxy groups -OCH3 is 5. The standard InChI is InChI=1S/C84H128IN11O29S3/c1-16-96(41-58(100)88-31-33-116-35-36-117-34-32-89-76(104)51(25-23-30-90-82(87)108)92-78(106)64(43(2)3)93-77(105)52(91-49(10)97)24-20-22-29-86)53-42-118-59(39-57(53)111-11)123-73-68(102)65(46(7)120-81(73)122-56-26-19-17-18-21-28-84(110)40-55(99)66(94-83(109)115-15)62(56)50(84)27-37-126-128-44(4)5)95-125-60-38-54(98)75(48(9)119-60)127-79(107)61-45(6)63(85)71(74(114-14)70(61)112-12)124-80-69(103)72(113-13)67(101)47(8)121-80/h17-18,27,43-44,46-48,51-54,56-57,59-60,64-65,67-69,72-73,75,80-81,95,98,101-103,110H,16,20,22-25,29-42,86H2,1-15H3,(H,88,100)(H,89,104)(H,91,97)(H,92,106)(H,93,105)(H,94,109)(H3,87,90,108)/b18-17-,50-27+/t46-,47+,48-,51+,52+,53+,54+,56+,57+,59+,60+,64+,65-,67+,68+,69-,72-,73-,75-,80+,81+,84+/m1/s1. The molecule has 22 atom stereocenters. The van der Waals surface area contributed by atoms with Crippen molar-refractivity contribution >= 4 is 108 Å². The number of alkyl carbamates (subject to hydrolysis) is 1. The number of nitrogens with one attached hydrogen (secondary N) is 8. The number of aliphatic hydroxyl groups is 5. The number of nitrogens with zero attached hydrogens (tertiary/aromatic N) is 1. The van der Waals surface area contributed by atoms with Crippen molar-refractivity contribution in [2.24, 2.45) is 17.4 Å². The third-order valence-corrected chi connectivity index (χ3v) is 27.1. The number of aliphatic hydroxyl groups excluding tert-OH is 4. The highest BCUT2D eigenvalue weighted by Gasteiger charge is 2.53. The van der Waals surface area contributed by atoms with Crippen molar-refractivity contribution in [2.75, 3.05) is 114 Å². The van der Waals surface area contributed by atoms with Gasteiger partial charge in [0.15, 0.2) is 41.8 Å². The van der Waals surface area contributed by atoms with Gasteiger partial charge < -0.3 is 135 Å². The number of primary amides is 1. The molecule has 0 aromatic heterocycles. The molecule has 6 aliphatic rings. The summed E-state index contributed by atoms with van der Waals surface area (Å²) in [6.45, 7) is 18.4. The summed E-state index contributed by atoms with van der Waals surface area (Å²) < 4.78 is 85.2. The van der Waals surface area contributed by atoms with Gasteiger partial charge in [-0.05, 0) is 119 Å². The molecule has 1 aromatic rings. The zero-order valence-electron chi connectivity index (χ0n) is 74.9. The number of hydrogen-bond donors (Lipinski definition) is 15. The first kappa shape index (κ1) is 108. The maximum atomic E-state index is 14.6. The van der Waals surface area contributed by atoms with Gasteiger partial charge >= 0.3 is 12.1 Å². The number of hydrogen-bond acceptors (Lipinski definition) is 35. The van der Waals surface area contributed by atoms with Crippen LogP contribution in [0.2, 0.25) is 0 Å². The minimum atomic E-state index is -2.14. The number of carbonyl (C=O) groups excluding carboxylic acids is 9. The van der Waals surface area contributed by atoms with Crippen LogP contribution in [0.25, 0.3) is 0 Å². The molecule has 7 rings (SSSR count). The Kier molecular flexibility index (Phi) is 45.5. The highest BCUT2D eigenvalue weighted by atomic mass is 127. The highest BCUT2D eigenvalue weighted by molar-refractivity contribution is 14.1. The lowest BCUT2D eigenvalue weighted by atomic mass is 9.75. The van der Waals surface area contributed by atoms with Gasteiger partial charge in [-0.25, -0.2) is 9.59 Å². The summed E-state index contributed by atoms with van der Waals surface area (Å²) in [4.78, 5) is 128. The van der Waals surface area contributed by atoms with E-state index in [1.807, 2.05) is 48.3 Å². The normalized spacial score (nSPS) is 28.2. The van der Waals surface area contributed by atoms with E-state index in [1.54, 1.807) is 58.4 Å². The van der Waals surface area contributed by atoms with Gasteiger partial charge in [-0.3, -0.25) is 48.6 Å². The predicted molar refractivity (Wildman–Crippen MR) is 479 cm³/mol. The van der Waals surface area contributed by atoms with E-state index >= 15 is 0 Å². The summed E-state index contributed by atoms with van der Waals surface area (Å²) in [7, 11) is 9.64. The van der Waals surface area contributed by atoms with Crippen LogP contribution in [0.15, 0.2) is 35.1 Å². The third kappa shape index (κ3) is 30.9. The van der Waals surface area contributed by atoms with Crippen LogP contribution in [0, 0.1) is 40.1 Å². The van der Waals surface area contributed by atoms with Crippen LogP contribution in [0.3, 0.4) is 0 Å². The number of unbranched alkanes of at least 4 members (excludes halogenated alkanes) is 1. The van der Waals surface area contributed by atoms with Gasteiger partial charge in [0.1, 0.15) is 54.7 Å². The fraction of sp³-hybridized carbons (Fsp3) is 0.702. The van der Waals surface area contributed by atoms with Gasteiger partial charge in [-0.1, -0.05) is 97.7 Å². The van der Waals surface area contributed by atoms with E-state index in [0.29, 0.717) is 41.5 Å². The lowest BCUT2D eigenvalue weighted by Crippen LogP contribution is -2.65. The number of hydroxylamine groups is 1. The van der Waals surface area contributed by atoms with Crippen molar-refractivity contribution in [3.8, 4) is 40.9 Å². The minimum absolute atomic E-state index is 0.0000299. The van der Waals surface area contributed by atoms with Gasteiger partial charge in [0.05, 0.1) is 130 Å². The molecule has 4 aliphatic heterocycles. The molecular weight excluding hydrogens is 1850 g/mol. The Balaban J connectivity index is 1.01. The first-order valence-electron chi connectivity index (χ1n) is 42.5. The zero-order chi connectivity index (χ0) is 94.2. The van der Waals surface area contributed by atoms with Crippen LogP contribution in [-0.4, -0.2) is 335 Å². The van der Waals surface area contributed by atoms with Gasteiger partial charge in [0.25, 0.3) is 0 Å². The molecule has 4 heterocycles. The van der Waals surface area contributed by atoms with Crippen molar-refractivity contribution in [3.63, 3.8) is 0 Å². The fourth-order valence-corrected chi connectivity index (χ4v) is 18.6. The minimum Gasteiger partial charge on any atom is -0.492 e. The Bertz CT molecular complexity index is 4110. The number of allylic oxidation sites excluding steroid dienone is 3. The van der Waals surface area contributed by atoms with E-state index in [-0.39, 0.29) is 141 Å². The molecule has 17 N–H and O–H groups in total. The molecule has 128 heavy (non-hydrogen) atoms. The Hall–Kier alpha value is -6.79. The van der Waals surface area contributed by atoms with E-state index in [1.165, 1.54) is 58.3 Å². The number of nitrogens with two attached hydrogens (primary N) is 2. The molecule has 4 fully saturated rings. The van der Waals surface area contributed by atoms with Crippen molar-refractivity contribution < 1.29 is 140 Å². The summed E-state index contributed by atoms with van der Waals surface area (Å²) in [5.74, 6) is 8.17. The van der Waals surface area contributed by atoms with Crippen LogP contribution in [0.5, 0.6) is 17.2 Å². The second-order valence-corrected chi connectivity index (χ2v) is 36.8. The number of amides is 8. The van der Waals surface area contributed by atoms with E-state index in [9.17, 15) is 68.7 Å². The van der Waals surface area contributed by atoms with Gasteiger partial charge in [-0.15, -0.1) is 0 Å². The lowest BCUT2D eigenvalue weighted by Gasteiger charge is -2.47. The van der Waals surface area contributed by atoms with Crippen molar-refractivity contribution in [3.05, 3.63) is 49.8 Å². The fourth-order valence-electron chi connectivity index (χ4n) is 15.0. The third-order valence-electron chi connectivity index (χ3n) is 21.6. The zero-order valence-corrected chi connectivity index (χ0v) is 79.5. The van der Waals surface area contributed by atoms with Gasteiger partial charge in [0.2, 0.25) is 46.7 Å². The number of Topliss-reactive ketones (excluding diaryl/α,β-unsaturated/α-hetero) is 1. The average molecular weight is 1980 g/mol. The molecule has 2 bridgehead atoms. The molecule has 0 saturated carbocycles. The predicted octanol–water partition coefficient (Wildman–Crippen LogP) is 1.01. The largest absolute Gasteiger partial charge is 0.492 e. The second kappa shape index (κ2) is 53.8. The summed E-state index contributed by atoms with van der Waals surface area (Å²) in [6, 6.07) is -5.60. The topological polar surface area (TPSA) is 545 Å². The first-order valence-corrected chi connectivity index (χ1v) is 46.8. The maximum absolute atomic E-state index is 14.6. The van der Waals surface area contributed by atoms with Crippen molar-refractivity contribution in [1.82, 2.24) is 47.6 Å². The molecule has 718 valence electrons. The van der Waals surface area contributed by atoms with Crippen molar-refractivity contribution in [2.45, 2.75) is 259 Å². The quantitative estimate of drug-likeness (QED) is 0.0142. The van der Waals surface area contributed by atoms with Gasteiger partial charge in [0, 0.05) is 75.8 Å². The number of benzene rings is 1. The molecular formula is C84H128IN11O29S3. The van der Waals surface area contributed by atoms with Crippen LogP contribution >= 0.6 is 55.9 Å². The summed E-state index contributed by atoms with van der Waals surface area (Å²) in [5, 5.41) is 76.7. The Morgan fingerprint density at radius 2 is 1.43 bits per heavy atom. The molecule has 4 saturated heterocycles. The number of fused-ring (bicyclic) bond motifs is 2. The number of halogens is 1.